The highest BCUT2D eigenvalue weighted by molar-refractivity contribution is 6.30. The second kappa shape index (κ2) is 9.22. The Kier molecular flexibility index (Phi) is 6.38. The van der Waals surface area contributed by atoms with Crippen molar-refractivity contribution < 1.29 is 18.0 Å². The summed E-state index contributed by atoms with van der Waals surface area (Å²) < 4.78 is 40.5. The average Bonchev–Trinajstić information content (AvgIpc) is 3.24. The third-order valence-electron chi connectivity index (χ3n) is 5.20. The van der Waals surface area contributed by atoms with Gasteiger partial charge < -0.3 is 10.2 Å². The van der Waals surface area contributed by atoms with Gasteiger partial charge in [0.15, 0.2) is 0 Å². The van der Waals surface area contributed by atoms with E-state index >= 15 is 0 Å². The predicted molar refractivity (Wildman–Crippen MR) is 117 cm³/mol. The first-order valence-corrected chi connectivity index (χ1v) is 10.4. The van der Waals surface area contributed by atoms with E-state index in [1.807, 2.05) is 39.9 Å². The Morgan fingerprint density at radius 2 is 1.81 bits per heavy atom. The summed E-state index contributed by atoms with van der Waals surface area (Å²) in [7, 11) is 0. The minimum absolute atomic E-state index is 0.104. The number of amides is 1. The van der Waals surface area contributed by atoms with Gasteiger partial charge in [0.05, 0.1) is 12.1 Å². The third kappa shape index (κ3) is 5.23. The summed E-state index contributed by atoms with van der Waals surface area (Å²) in [6.45, 7) is 2.67. The Morgan fingerprint density at radius 1 is 1.06 bits per heavy atom. The highest BCUT2D eigenvalue weighted by atomic mass is 35.5. The van der Waals surface area contributed by atoms with Crippen molar-refractivity contribution in [2.75, 3.05) is 42.9 Å². The van der Waals surface area contributed by atoms with Crippen LogP contribution >= 0.6 is 11.6 Å². The molecule has 0 unspecified atom stereocenters. The van der Waals surface area contributed by atoms with E-state index in [1.165, 1.54) is 12.1 Å². The standard InChI is InChI=1S/C22H21ClF3N5O/c23-17-4-2-6-19(14-17)31-8-7-27-21(31)30-11-9-29(10-12-30)15-20(32)28-18-5-1-3-16(13-18)22(24,25)26/h1-8,13-14H,9-12,15H2,(H,28,32). The van der Waals surface area contributed by atoms with E-state index in [-0.39, 0.29) is 18.1 Å². The van der Waals surface area contributed by atoms with Gasteiger partial charge in [-0.2, -0.15) is 13.2 Å². The number of nitrogens with zero attached hydrogens (tertiary/aromatic N) is 4. The summed E-state index contributed by atoms with van der Waals surface area (Å²) >= 11 is 6.11. The van der Waals surface area contributed by atoms with Crippen molar-refractivity contribution in [1.82, 2.24) is 14.5 Å². The summed E-state index contributed by atoms with van der Waals surface area (Å²) in [5, 5.41) is 3.19. The molecule has 1 saturated heterocycles. The smallest absolute Gasteiger partial charge is 0.339 e. The maximum atomic E-state index is 12.8. The topological polar surface area (TPSA) is 53.4 Å². The van der Waals surface area contributed by atoms with Gasteiger partial charge in [-0.1, -0.05) is 23.7 Å². The van der Waals surface area contributed by atoms with Crippen LogP contribution in [-0.2, 0) is 11.0 Å². The number of carbonyl (C=O) groups excluding carboxylic acids is 1. The molecule has 0 bridgehead atoms. The molecule has 168 valence electrons. The van der Waals surface area contributed by atoms with Crippen molar-refractivity contribution >= 4 is 29.1 Å². The van der Waals surface area contributed by atoms with E-state index in [2.05, 4.69) is 15.2 Å². The van der Waals surface area contributed by atoms with Crippen LogP contribution in [0.3, 0.4) is 0 Å². The zero-order valence-corrected chi connectivity index (χ0v) is 17.8. The summed E-state index contributed by atoms with van der Waals surface area (Å²) in [5.41, 5.74) is 0.249. The van der Waals surface area contributed by atoms with Gasteiger partial charge in [-0.25, -0.2) is 4.98 Å². The molecule has 1 fully saturated rings. The zero-order chi connectivity index (χ0) is 22.7. The van der Waals surface area contributed by atoms with E-state index in [1.54, 1.807) is 6.20 Å². The lowest BCUT2D eigenvalue weighted by molar-refractivity contribution is -0.137. The summed E-state index contributed by atoms with van der Waals surface area (Å²) in [4.78, 5) is 20.9. The van der Waals surface area contributed by atoms with E-state index in [9.17, 15) is 18.0 Å². The van der Waals surface area contributed by atoms with Crippen LogP contribution in [-0.4, -0.2) is 53.1 Å². The van der Waals surface area contributed by atoms with Gasteiger partial charge in [0.25, 0.3) is 0 Å². The second-order valence-corrected chi connectivity index (χ2v) is 7.90. The highest BCUT2D eigenvalue weighted by Crippen LogP contribution is 2.30. The molecule has 1 aromatic heterocycles. The lowest BCUT2D eigenvalue weighted by atomic mass is 10.2. The molecular formula is C22H21ClF3N5O. The number of piperazine rings is 1. The van der Waals surface area contributed by atoms with Gasteiger partial charge in [0, 0.05) is 55.0 Å². The molecule has 32 heavy (non-hydrogen) atoms. The van der Waals surface area contributed by atoms with Gasteiger partial charge >= 0.3 is 6.18 Å². The lowest BCUT2D eigenvalue weighted by Crippen LogP contribution is -2.49. The molecule has 1 aliphatic rings. The number of aromatic nitrogens is 2. The fraction of sp³-hybridized carbons (Fsp3) is 0.273. The number of hydrogen-bond acceptors (Lipinski definition) is 4. The molecule has 1 aliphatic heterocycles. The SMILES string of the molecule is O=C(CN1CCN(c2nccn2-c2cccc(Cl)c2)CC1)Nc1cccc(C(F)(F)F)c1. The molecule has 0 saturated carbocycles. The Balaban J connectivity index is 1.33. The van der Waals surface area contributed by atoms with Crippen molar-refractivity contribution in [1.29, 1.82) is 0 Å². The molecule has 2 heterocycles. The van der Waals surface area contributed by atoms with Crippen molar-refractivity contribution in [2.24, 2.45) is 0 Å². The summed E-state index contributed by atoms with van der Waals surface area (Å²) in [6.07, 6.45) is -0.852. The van der Waals surface area contributed by atoms with Crippen LogP contribution in [0.1, 0.15) is 5.56 Å². The van der Waals surface area contributed by atoms with Crippen molar-refractivity contribution in [3.8, 4) is 5.69 Å². The fourth-order valence-corrected chi connectivity index (χ4v) is 3.82. The van der Waals surface area contributed by atoms with Crippen LogP contribution in [0, 0.1) is 0 Å². The number of hydrogen-bond donors (Lipinski definition) is 1. The number of alkyl halides is 3. The molecule has 2 aromatic carbocycles. The van der Waals surface area contributed by atoms with Crippen molar-refractivity contribution in [3.05, 3.63) is 71.5 Å². The first kappa shape index (κ1) is 22.2. The third-order valence-corrected chi connectivity index (χ3v) is 5.44. The number of benzene rings is 2. The molecule has 3 aromatic rings. The van der Waals surface area contributed by atoms with Crippen LogP contribution in [0.4, 0.5) is 24.8 Å². The number of imidazole rings is 1. The molecule has 0 spiro atoms. The highest BCUT2D eigenvalue weighted by Gasteiger charge is 2.30. The first-order valence-electron chi connectivity index (χ1n) is 10.0. The van der Waals surface area contributed by atoms with Gasteiger partial charge in [0.2, 0.25) is 11.9 Å². The van der Waals surface area contributed by atoms with Gasteiger partial charge in [-0.05, 0) is 36.4 Å². The van der Waals surface area contributed by atoms with Crippen LogP contribution < -0.4 is 10.2 Å². The summed E-state index contributed by atoms with van der Waals surface area (Å²) in [5.74, 6) is 0.443. The van der Waals surface area contributed by atoms with E-state index < -0.39 is 11.7 Å². The molecule has 0 radical (unpaired) electrons. The normalized spacial score (nSPS) is 15.1. The molecule has 6 nitrogen and oxygen atoms in total. The molecule has 4 rings (SSSR count). The van der Waals surface area contributed by atoms with E-state index in [4.69, 9.17) is 11.6 Å². The van der Waals surface area contributed by atoms with Crippen LogP contribution in [0.2, 0.25) is 5.02 Å². The maximum absolute atomic E-state index is 12.8. The largest absolute Gasteiger partial charge is 0.416 e. The summed E-state index contributed by atoms with van der Waals surface area (Å²) in [6, 6.07) is 12.1. The van der Waals surface area contributed by atoms with E-state index in [0.29, 0.717) is 31.2 Å². The number of anilines is 2. The van der Waals surface area contributed by atoms with Gasteiger partial charge in [-0.3, -0.25) is 14.3 Å². The molecule has 0 aliphatic carbocycles. The molecule has 10 heteroatoms. The van der Waals surface area contributed by atoms with Crippen molar-refractivity contribution in [2.45, 2.75) is 6.18 Å². The predicted octanol–water partition coefficient (Wildman–Crippen LogP) is 4.31. The number of carbonyl (C=O) groups is 1. The first-order chi connectivity index (χ1) is 15.3. The molecular weight excluding hydrogens is 443 g/mol. The molecule has 0 atom stereocenters. The van der Waals surface area contributed by atoms with Crippen LogP contribution in [0.15, 0.2) is 60.9 Å². The van der Waals surface area contributed by atoms with E-state index in [0.717, 1.165) is 23.8 Å². The Morgan fingerprint density at radius 3 is 2.53 bits per heavy atom. The minimum Gasteiger partial charge on any atom is -0.339 e. The Labute approximate surface area is 188 Å². The Hall–Kier alpha value is -3.04. The van der Waals surface area contributed by atoms with Gasteiger partial charge in [0.1, 0.15) is 0 Å². The van der Waals surface area contributed by atoms with Crippen molar-refractivity contribution in [3.63, 3.8) is 0 Å². The average molecular weight is 464 g/mol. The van der Waals surface area contributed by atoms with Crippen LogP contribution in [0.5, 0.6) is 0 Å². The molecule has 1 N–H and O–H groups in total. The zero-order valence-electron chi connectivity index (χ0n) is 17.0. The second-order valence-electron chi connectivity index (χ2n) is 7.47. The number of halogens is 4. The molecule has 1 amide bonds. The Bertz CT molecular complexity index is 1090. The lowest BCUT2D eigenvalue weighted by Gasteiger charge is -2.35. The quantitative estimate of drug-likeness (QED) is 0.613. The maximum Gasteiger partial charge on any atom is 0.416 e. The minimum atomic E-state index is -4.45. The van der Waals surface area contributed by atoms with Crippen LogP contribution in [0.25, 0.3) is 5.69 Å². The fourth-order valence-electron chi connectivity index (χ4n) is 3.64. The number of rotatable bonds is 5. The monoisotopic (exact) mass is 463 g/mol. The van der Waals surface area contributed by atoms with Gasteiger partial charge in [-0.15, -0.1) is 0 Å². The number of nitrogens with one attached hydrogen (secondary N) is 1.